The SMILES string of the molecule is CCN(CC)C(=O)c1cnc2scc(-c3ccc(C)cc3)n2c1=O. The Hall–Kier alpha value is -2.47. The molecule has 3 rings (SSSR count). The smallest absolute Gasteiger partial charge is 0.271 e. The van der Waals surface area contributed by atoms with Gasteiger partial charge in [0.25, 0.3) is 11.5 Å². The third kappa shape index (κ3) is 2.73. The standard InChI is InChI=1S/C18H19N3O2S/c1-4-20(5-2)16(22)14-10-19-18-21(17(14)23)15(11-24-18)13-8-6-12(3)7-9-13/h6-11H,4-5H2,1-3H3. The van der Waals surface area contributed by atoms with Crippen molar-refractivity contribution in [3.63, 3.8) is 0 Å². The molecule has 0 fully saturated rings. The van der Waals surface area contributed by atoms with Crippen LogP contribution in [0.25, 0.3) is 16.2 Å². The number of carbonyl (C=O) groups excluding carboxylic acids is 1. The summed E-state index contributed by atoms with van der Waals surface area (Å²) < 4.78 is 1.53. The highest BCUT2D eigenvalue weighted by Gasteiger charge is 2.20. The van der Waals surface area contributed by atoms with E-state index < -0.39 is 0 Å². The lowest BCUT2D eigenvalue weighted by molar-refractivity contribution is 0.0770. The van der Waals surface area contributed by atoms with Gasteiger partial charge in [-0.05, 0) is 26.3 Å². The molecule has 0 aliphatic carbocycles. The molecule has 0 saturated heterocycles. The van der Waals surface area contributed by atoms with Crippen LogP contribution in [0.3, 0.4) is 0 Å². The third-order valence-electron chi connectivity index (χ3n) is 4.07. The van der Waals surface area contributed by atoms with Crippen molar-refractivity contribution in [1.82, 2.24) is 14.3 Å². The van der Waals surface area contributed by atoms with Crippen LogP contribution in [0.4, 0.5) is 0 Å². The van der Waals surface area contributed by atoms with Gasteiger partial charge in [0.1, 0.15) is 5.56 Å². The second-order valence-electron chi connectivity index (χ2n) is 5.56. The molecular weight excluding hydrogens is 322 g/mol. The Balaban J connectivity index is 2.18. The lowest BCUT2D eigenvalue weighted by Crippen LogP contribution is -2.35. The van der Waals surface area contributed by atoms with Crippen LogP contribution in [-0.2, 0) is 0 Å². The number of hydrogen-bond donors (Lipinski definition) is 0. The van der Waals surface area contributed by atoms with Crippen LogP contribution in [0.1, 0.15) is 29.8 Å². The molecular formula is C18H19N3O2S. The molecule has 24 heavy (non-hydrogen) atoms. The fraction of sp³-hybridized carbons (Fsp3) is 0.278. The molecule has 1 amide bonds. The maximum Gasteiger partial charge on any atom is 0.271 e. The molecule has 0 spiro atoms. The van der Waals surface area contributed by atoms with Gasteiger partial charge in [-0.2, -0.15) is 0 Å². The van der Waals surface area contributed by atoms with E-state index in [9.17, 15) is 9.59 Å². The Morgan fingerprint density at radius 1 is 1.21 bits per heavy atom. The van der Waals surface area contributed by atoms with Crippen LogP contribution in [0.5, 0.6) is 0 Å². The minimum Gasteiger partial charge on any atom is -0.339 e. The summed E-state index contributed by atoms with van der Waals surface area (Å²) in [6.45, 7) is 6.93. The molecule has 0 saturated carbocycles. The number of aryl methyl sites for hydroxylation is 1. The highest BCUT2D eigenvalue weighted by atomic mass is 32.1. The Kier molecular flexibility index (Phi) is 4.49. The van der Waals surface area contributed by atoms with Crippen molar-refractivity contribution in [2.45, 2.75) is 20.8 Å². The maximum atomic E-state index is 12.9. The predicted molar refractivity (Wildman–Crippen MR) is 96.8 cm³/mol. The molecule has 3 aromatic rings. The molecule has 0 radical (unpaired) electrons. The number of benzene rings is 1. The van der Waals surface area contributed by atoms with E-state index >= 15 is 0 Å². The molecule has 0 atom stereocenters. The second kappa shape index (κ2) is 6.57. The van der Waals surface area contributed by atoms with E-state index in [1.807, 2.05) is 50.4 Å². The molecule has 1 aromatic carbocycles. The first-order chi connectivity index (χ1) is 11.6. The van der Waals surface area contributed by atoms with E-state index in [-0.39, 0.29) is 17.0 Å². The summed E-state index contributed by atoms with van der Waals surface area (Å²) in [5.41, 5.74) is 2.66. The maximum absolute atomic E-state index is 12.9. The van der Waals surface area contributed by atoms with Crippen molar-refractivity contribution >= 4 is 22.2 Å². The summed E-state index contributed by atoms with van der Waals surface area (Å²) in [7, 11) is 0. The molecule has 2 aromatic heterocycles. The monoisotopic (exact) mass is 341 g/mol. The van der Waals surface area contributed by atoms with E-state index in [4.69, 9.17) is 0 Å². The number of carbonyl (C=O) groups is 1. The zero-order valence-corrected chi connectivity index (χ0v) is 14.8. The summed E-state index contributed by atoms with van der Waals surface area (Å²) in [5, 5.41) is 1.90. The first-order valence-corrected chi connectivity index (χ1v) is 8.80. The Labute approximate surface area is 144 Å². The van der Waals surface area contributed by atoms with Gasteiger partial charge in [-0.25, -0.2) is 4.98 Å². The number of thiazole rings is 1. The lowest BCUT2D eigenvalue weighted by Gasteiger charge is -2.17. The number of aromatic nitrogens is 2. The van der Waals surface area contributed by atoms with Crippen molar-refractivity contribution in [3.05, 3.63) is 57.3 Å². The molecule has 0 unspecified atom stereocenters. The first-order valence-electron chi connectivity index (χ1n) is 7.92. The van der Waals surface area contributed by atoms with Crippen LogP contribution in [0.15, 0.2) is 40.6 Å². The van der Waals surface area contributed by atoms with Crippen LogP contribution in [-0.4, -0.2) is 33.3 Å². The minimum absolute atomic E-state index is 0.114. The van der Waals surface area contributed by atoms with Crippen LogP contribution >= 0.6 is 11.3 Å². The molecule has 124 valence electrons. The molecule has 0 aliphatic rings. The van der Waals surface area contributed by atoms with E-state index in [2.05, 4.69) is 4.98 Å². The zero-order valence-electron chi connectivity index (χ0n) is 13.9. The number of fused-ring (bicyclic) bond motifs is 1. The van der Waals surface area contributed by atoms with Crippen molar-refractivity contribution in [2.75, 3.05) is 13.1 Å². The normalized spacial score (nSPS) is 11.0. The minimum atomic E-state index is -0.311. The Morgan fingerprint density at radius 2 is 1.88 bits per heavy atom. The van der Waals surface area contributed by atoms with Crippen LogP contribution in [0, 0.1) is 6.92 Å². The predicted octanol–water partition coefficient (Wildman–Crippen LogP) is 3.21. The van der Waals surface area contributed by atoms with Crippen molar-refractivity contribution in [1.29, 1.82) is 0 Å². The van der Waals surface area contributed by atoms with E-state index in [1.54, 1.807) is 4.90 Å². The summed E-state index contributed by atoms with van der Waals surface area (Å²) in [6.07, 6.45) is 1.40. The van der Waals surface area contributed by atoms with Gasteiger partial charge in [0.05, 0.1) is 5.69 Å². The summed E-state index contributed by atoms with van der Waals surface area (Å²) >= 11 is 1.39. The fourth-order valence-electron chi connectivity index (χ4n) is 2.65. The second-order valence-corrected chi connectivity index (χ2v) is 6.40. The van der Waals surface area contributed by atoms with Gasteiger partial charge in [0.15, 0.2) is 4.96 Å². The summed E-state index contributed by atoms with van der Waals surface area (Å²) in [5.74, 6) is -0.270. The van der Waals surface area contributed by atoms with Gasteiger partial charge in [-0.15, -0.1) is 11.3 Å². The van der Waals surface area contributed by atoms with E-state index in [0.29, 0.717) is 18.1 Å². The van der Waals surface area contributed by atoms with Crippen LogP contribution in [0.2, 0.25) is 0 Å². The average Bonchev–Trinajstić information content (AvgIpc) is 3.02. The molecule has 5 nitrogen and oxygen atoms in total. The molecule has 6 heteroatoms. The largest absolute Gasteiger partial charge is 0.339 e. The number of amides is 1. The zero-order chi connectivity index (χ0) is 17.3. The van der Waals surface area contributed by atoms with E-state index in [0.717, 1.165) is 16.8 Å². The Bertz CT molecular complexity index is 937. The molecule has 0 aliphatic heterocycles. The fourth-order valence-corrected chi connectivity index (χ4v) is 3.50. The van der Waals surface area contributed by atoms with Crippen LogP contribution < -0.4 is 5.56 Å². The van der Waals surface area contributed by atoms with Crippen molar-refractivity contribution in [3.8, 4) is 11.3 Å². The Morgan fingerprint density at radius 3 is 2.50 bits per heavy atom. The van der Waals surface area contributed by atoms with Gasteiger partial charge in [-0.3, -0.25) is 14.0 Å². The van der Waals surface area contributed by atoms with Crippen molar-refractivity contribution in [2.24, 2.45) is 0 Å². The first kappa shape index (κ1) is 16.4. The number of rotatable bonds is 4. The van der Waals surface area contributed by atoms with Gasteiger partial charge < -0.3 is 4.90 Å². The molecule has 0 N–H and O–H groups in total. The lowest BCUT2D eigenvalue weighted by atomic mass is 10.1. The van der Waals surface area contributed by atoms with E-state index in [1.165, 1.54) is 21.9 Å². The third-order valence-corrected chi connectivity index (χ3v) is 4.91. The van der Waals surface area contributed by atoms with Gasteiger partial charge >= 0.3 is 0 Å². The van der Waals surface area contributed by atoms with Gasteiger partial charge in [0, 0.05) is 24.7 Å². The average molecular weight is 341 g/mol. The highest BCUT2D eigenvalue weighted by Crippen LogP contribution is 2.24. The molecule has 0 bridgehead atoms. The van der Waals surface area contributed by atoms with Crippen molar-refractivity contribution < 1.29 is 4.79 Å². The summed E-state index contributed by atoms with van der Waals surface area (Å²) in [6, 6.07) is 7.95. The molecule has 2 heterocycles. The summed E-state index contributed by atoms with van der Waals surface area (Å²) in [4.78, 5) is 32.0. The topological polar surface area (TPSA) is 54.7 Å². The highest BCUT2D eigenvalue weighted by molar-refractivity contribution is 7.15. The van der Waals surface area contributed by atoms with Gasteiger partial charge in [-0.1, -0.05) is 29.8 Å². The quantitative estimate of drug-likeness (QED) is 0.732. The number of hydrogen-bond acceptors (Lipinski definition) is 4. The van der Waals surface area contributed by atoms with Gasteiger partial charge in [0.2, 0.25) is 0 Å². The number of nitrogens with zero attached hydrogens (tertiary/aromatic N) is 3.